The fraction of sp³-hybridized carbons (Fsp3) is 0.0833. The standard InChI is InChI=1S/C12H12FN3O2/c13-8-1-3-9(4-2-8)15-7-10-5-6-11(18-10)12(17)16-14/h1-6,15H,7,14H2,(H,16,17). The third-order valence-electron chi connectivity index (χ3n) is 2.33. The smallest absolute Gasteiger partial charge is 0.300 e. The molecule has 2 rings (SSSR count). The summed E-state index contributed by atoms with van der Waals surface area (Å²) >= 11 is 0. The van der Waals surface area contributed by atoms with Crippen molar-refractivity contribution < 1.29 is 13.6 Å². The van der Waals surface area contributed by atoms with Crippen molar-refractivity contribution in [3.63, 3.8) is 0 Å². The number of hydrogen-bond acceptors (Lipinski definition) is 4. The molecule has 0 atom stereocenters. The highest BCUT2D eigenvalue weighted by atomic mass is 19.1. The lowest BCUT2D eigenvalue weighted by Crippen LogP contribution is -2.29. The largest absolute Gasteiger partial charge is 0.454 e. The summed E-state index contributed by atoms with van der Waals surface area (Å²) in [5.74, 6) is 4.94. The van der Waals surface area contributed by atoms with Crippen molar-refractivity contribution in [2.45, 2.75) is 6.54 Å². The Morgan fingerprint density at radius 2 is 1.94 bits per heavy atom. The molecular weight excluding hydrogens is 237 g/mol. The van der Waals surface area contributed by atoms with Gasteiger partial charge in [0.05, 0.1) is 6.54 Å². The van der Waals surface area contributed by atoms with E-state index in [1.54, 1.807) is 18.2 Å². The van der Waals surface area contributed by atoms with Gasteiger partial charge in [-0.3, -0.25) is 10.2 Å². The molecule has 1 heterocycles. The molecule has 0 aliphatic heterocycles. The Kier molecular flexibility index (Phi) is 3.59. The van der Waals surface area contributed by atoms with Gasteiger partial charge in [-0.25, -0.2) is 10.2 Å². The molecule has 94 valence electrons. The molecule has 0 aliphatic rings. The van der Waals surface area contributed by atoms with Crippen molar-refractivity contribution >= 4 is 11.6 Å². The number of hydrogen-bond donors (Lipinski definition) is 3. The minimum absolute atomic E-state index is 0.147. The molecule has 0 unspecified atom stereocenters. The SMILES string of the molecule is NNC(=O)c1ccc(CNc2ccc(F)cc2)o1. The van der Waals surface area contributed by atoms with Crippen molar-refractivity contribution in [2.24, 2.45) is 5.84 Å². The van der Waals surface area contributed by atoms with Crippen LogP contribution in [-0.4, -0.2) is 5.91 Å². The predicted molar refractivity (Wildman–Crippen MR) is 64.1 cm³/mol. The van der Waals surface area contributed by atoms with Crippen LogP contribution in [0.25, 0.3) is 0 Å². The Bertz CT molecular complexity index is 537. The molecule has 1 aromatic heterocycles. The van der Waals surface area contributed by atoms with Gasteiger partial charge in [0.1, 0.15) is 11.6 Å². The third-order valence-corrected chi connectivity index (χ3v) is 2.33. The topological polar surface area (TPSA) is 80.3 Å². The molecule has 0 aliphatic carbocycles. The van der Waals surface area contributed by atoms with E-state index in [2.05, 4.69) is 5.32 Å². The van der Waals surface area contributed by atoms with Crippen LogP contribution in [0.5, 0.6) is 0 Å². The quantitative estimate of drug-likeness (QED) is 0.437. The third kappa shape index (κ3) is 2.86. The summed E-state index contributed by atoms with van der Waals surface area (Å²) in [5.41, 5.74) is 2.74. The molecule has 1 aromatic carbocycles. The maximum atomic E-state index is 12.7. The second kappa shape index (κ2) is 5.33. The van der Waals surface area contributed by atoms with Crippen LogP contribution in [-0.2, 0) is 6.54 Å². The first-order chi connectivity index (χ1) is 8.69. The van der Waals surface area contributed by atoms with E-state index in [0.717, 1.165) is 5.69 Å². The molecule has 4 N–H and O–H groups in total. The van der Waals surface area contributed by atoms with Gasteiger partial charge in [-0.05, 0) is 36.4 Å². The number of rotatable bonds is 4. The van der Waals surface area contributed by atoms with Crippen LogP contribution in [0.2, 0.25) is 0 Å². The van der Waals surface area contributed by atoms with Gasteiger partial charge in [0.15, 0.2) is 5.76 Å². The summed E-state index contributed by atoms with van der Waals surface area (Å²) < 4.78 is 17.9. The van der Waals surface area contributed by atoms with E-state index >= 15 is 0 Å². The van der Waals surface area contributed by atoms with Crippen molar-refractivity contribution in [1.29, 1.82) is 0 Å². The second-order valence-electron chi connectivity index (χ2n) is 3.60. The lowest BCUT2D eigenvalue weighted by molar-refractivity contribution is 0.0924. The number of nitrogen functional groups attached to an aromatic ring is 1. The molecule has 0 fully saturated rings. The van der Waals surface area contributed by atoms with E-state index in [4.69, 9.17) is 10.3 Å². The van der Waals surface area contributed by atoms with Gasteiger partial charge in [-0.2, -0.15) is 0 Å². The van der Waals surface area contributed by atoms with Crippen LogP contribution in [0.4, 0.5) is 10.1 Å². The number of hydrazine groups is 1. The normalized spacial score (nSPS) is 10.1. The second-order valence-corrected chi connectivity index (χ2v) is 3.60. The van der Waals surface area contributed by atoms with Gasteiger partial charge >= 0.3 is 5.91 Å². The number of furan rings is 1. The van der Waals surface area contributed by atoms with Crippen molar-refractivity contribution in [2.75, 3.05) is 5.32 Å². The molecule has 0 spiro atoms. The Hall–Kier alpha value is -2.34. The molecule has 18 heavy (non-hydrogen) atoms. The van der Waals surface area contributed by atoms with Crippen LogP contribution >= 0.6 is 0 Å². The predicted octanol–water partition coefficient (Wildman–Crippen LogP) is 1.63. The average molecular weight is 249 g/mol. The Morgan fingerprint density at radius 1 is 1.22 bits per heavy atom. The summed E-state index contributed by atoms with van der Waals surface area (Å²) in [6.07, 6.45) is 0. The minimum atomic E-state index is -0.483. The molecular formula is C12H12FN3O2. The number of anilines is 1. The van der Waals surface area contributed by atoms with Crippen LogP contribution in [0.3, 0.4) is 0 Å². The van der Waals surface area contributed by atoms with Crippen LogP contribution in [0.1, 0.15) is 16.3 Å². The fourth-order valence-corrected chi connectivity index (χ4v) is 1.42. The highest BCUT2D eigenvalue weighted by Crippen LogP contribution is 2.12. The zero-order valence-corrected chi connectivity index (χ0v) is 9.44. The molecule has 6 heteroatoms. The van der Waals surface area contributed by atoms with E-state index < -0.39 is 5.91 Å². The number of nitrogens with two attached hydrogens (primary N) is 1. The van der Waals surface area contributed by atoms with Gasteiger partial charge in [0, 0.05) is 5.69 Å². The molecule has 5 nitrogen and oxygen atoms in total. The highest BCUT2D eigenvalue weighted by molar-refractivity contribution is 5.90. The van der Waals surface area contributed by atoms with Gasteiger partial charge in [0.2, 0.25) is 0 Å². The highest BCUT2D eigenvalue weighted by Gasteiger charge is 2.08. The average Bonchev–Trinajstić information content (AvgIpc) is 2.86. The first kappa shape index (κ1) is 12.1. The van der Waals surface area contributed by atoms with Gasteiger partial charge < -0.3 is 9.73 Å². The van der Waals surface area contributed by atoms with E-state index in [9.17, 15) is 9.18 Å². The Morgan fingerprint density at radius 3 is 2.61 bits per heavy atom. The molecule has 0 bridgehead atoms. The van der Waals surface area contributed by atoms with E-state index in [0.29, 0.717) is 12.3 Å². The number of amides is 1. The summed E-state index contributed by atoms with van der Waals surface area (Å²) in [6.45, 7) is 0.392. The summed E-state index contributed by atoms with van der Waals surface area (Å²) in [6, 6.07) is 9.15. The molecule has 0 radical (unpaired) electrons. The lowest BCUT2D eigenvalue weighted by Gasteiger charge is -2.03. The van der Waals surface area contributed by atoms with Crippen LogP contribution in [0.15, 0.2) is 40.8 Å². The fourth-order valence-electron chi connectivity index (χ4n) is 1.42. The molecule has 0 saturated carbocycles. The van der Waals surface area contributed by atoms with E-state index in [-0.39, 0.29) is 11.6 Å². The summed E-state index contributed by atoms with van der Waals surface area (Å²) in [4.78, 5) is 11.1. The zero-order valence-electron chi connectivity index (χ0n) is 9.44. The Labute approximate surface area is 103 Å². The minimum Gasteiger partial charge on any atom is -0.454 e. The maximum absolute atomic E-state index is 12.7. The van der Waals surface area contributed by atoms with Gasteiger partial charge in [-0.1, -0.05) is 0 Å². The van der Waals surface area contributed by atoms with Crippen molar-refractivity contribution in [3.05, 3.63) is 53.7 Å². The number of halogens is 1. The monoisotopic (exact) mass is 249 g/mol. The van der Waals surface area contributed by atoms with Gasteiger partial charge in [0.25, 0.3) is 0 Å². The van der Waals surface area contributed by atoms with E-state index in [1.165, 1.54) is 18.2 Å². The first-order valence-corrected chi connectivity index (χ1v) is 5.28. The summed E-state index contributed by atoms with van der Waals surface area (Å²) in [5, 5.41) is 3.04. The maximum Gasteiger partial charge on any atom is 0.300 e. The number of carbonyl (C=O) groups is 1. The molecule has 0 saturated heterocycles. The van der Waals surface area contributed by atoms with Gasteiger partial charge in [-0.15, -0.1) is 0 Å². The Balaban J connectivity index is 1.96. The first-order valence-electron chi connectivity index (χ1n) is 5.28. The summed E-state index contributed by atoms with van der Waals surface area (Å²) in [7, 11) is 0. The zero-order chi connectivity index (χ0) is 13.0. The molecule has 1 amide bonds. The number of carbonyl (C=O) groups excluding carboxylic acids is 1. The van der Waals surface area contributed by atoms with Crippen LogP contribution in [0, 0.1) is 5.82 Å². The van der Waals surface area contributed by atoms with Crippen LogP contribution < -0.4 is 16.6 Å². The van der Waals surface area contributed by atoms with E-state index in [1.807, 2.05) is 5.43 Å². The van der Waals surface area contributed by atoms with Crippen molar-refractivity contribution in [1.82, 2.24) is 5.43 Å². The molecule has 2 aromatic rings. The lowest BCUT2D eigenvalue weighted by atomic mass is 10.3. The number of benzene rings is 1. The van der Waals surface area contributed by atoms with Crippen molar-refractivity contribution in [3.8, 4) is 0 Å². The number of nitrogens with one attached hydrogen (secondary N) is 2.